The van der Waals surface area contributed by atoms with Crippen LogP contribution in [0.3, 0.4) is 0 Å². The Morgan fingerprint density at radius 1 is 1.28 bits per heavy atom. The molecule has 94 valence electrons. The van der Waals surface area contributed by atoms with Gasteiger partial charge in [-0.15, -0.1) is 0 Å². The molecular formula is C14H13BrFNO. The van der Waals surface area contributed by atoms with Gasteiger partial charge in [0, 0.05) is 0 Å². The molecule has 0 fully saturated rings. The number of nitrogens with two attached hydrogens (primary N) is 1. The molecule has 2 rings (SSSR count). The topological polar surface area (TPSA) is 35.2 Å². The van der Waals surface area contributed by atoms with E-state index in [1.54, 1.807) is 12.1 Å². The van der Waals surface area contributed by atoms with Crippen LogP contribution in [0.15, 0.2) is 40.9 Å². The van der Waals surface area contributed by atoms with Crippen LogP contribution in [0.4, 0.5) is 10.1 Å². The third kappa shape index (κ3) is 2.82. The third-order valence-corrected chi connectivity index (χ3v) is 3.31. The normalized spacial score (nSPS) is 10.4. The lowest BCUT2D eigenvalue weighted by molar-refractivity contribution is 0.304. The second-order valence-electron chi connectivity index (χ2n) is 4.02. The van der Waals surface area contributed by atoms with Crippen molar-refractivity contribution in [2.75, 3.05) is 5.73 Å². The van der Waals surface area contributed by atoms with E-state index in [-0.39, 0.29) is 12.4 Å². The van der Waals surface area contributed by atoms with Gasteiger partial charge in [-0.05, 0) is 58.2 Å². The lowest BCUT2D eigenvalue weighted by atomic mass is 10.1. The van der Waals surface area contributed by atoms with Crippen molar-refractivity contribution in [3.63, 3.8) is 0 Å². The summed E-state index contributed by atoms with van der Waals surface area (Å²) in [7, 11) is 0. The number of halogens is 2. The third-order valence-electron chi connectivity index (χ3n) is 2.68. The molecule has 0 aromatic heterocycles. The maximum atomic E-state index is 13.1. The first kappa shape index (κ1) is 12.9. The van der Waals surface area contributed by atoms with Gasteiger partial charge in [0.25, 0.3) is 0 Å². The number of hydrogen-bond donors (Lipinski definition) is 1. The van der Waals surface area contributed by atoms with Gasteiger partial charge in [-0.1, -0.05) is 12.1 Å². The largest absolute Gasteiger partial charge is 0.486 e. The Morgan fingerprint density at radius 3 is 2.78 bits per heavy atom. The van der Waals surface area contributed by atoms with Gasteiger partial charge < -0.3 is 10.5 Å². The lowest BCUT2D eigenvalue weighted by Gasteiger charge is -2.12. The van der Waals surface area contributed by atoms with Crippen molar-refractivity contribution in [3.8, 4) is 5.75 Å². The number of nitrogen functional groups attached to an aromatic ring is 1. The summed E-state index contributed by atoms with van der Waals surface area (Å²) in [4.78, 5) is 0. The first-order valence-electron chi connectivity index (χ1n) is 5.50. The minimum Gasteiger partial charge on any atom is -0.486 e. The average Bonchev–Trinajstić information content (AvgIpc) is 2.33. The summed E-state index contributed by atoms with van der Waals surface area (Å²) in [6.07, 6.45) is 0. The number of anilines is 1. The highest BCUT2D eigenvalue weighted by atomic mass is 79.9. The van der Waals surface area contributed by atoms with E-state index < -0.39 is 0 Å². The Morgan fingerprint density at radius 2 is 2.06 bits per heavy atom. The number of aryl methyl sites for hydroxylation is 1. The summed E-state index contributed by atoms with van der Waals surface area (Å²) in [5.41, 5.74) is 8.18. The van der Waals surface area contributed by atoms with Crippen LogP contribution in [0.5, 0.6) is 5.75 Å². The zero-order chi connectivity index (χ0) is 13.1. The molecule has 0 aliphatic heterocycles. The van der Waals surface area contributed by atoms with Gasteiger partial charge in [-0.2, -0.15) is 0 Å². The summed E-state index contributed by atoms with van der Waals surface area (Å²) >= 11 is 3.37. The van der Waals surface area contributed by atoms with Crippen molar-refractivity contribution in [2.45, 2.75) is 13.5 Å². The number of benzene rings is 2. The predicted molar refractivity (Wildman–Crippen MR) is 74.0 cm³/mol. The van der Waals surface area contributed by atoms with Crippen LogP contribution in [0.1, 0.15) is 11.1 Å². The predicted octanol–water partition coefficient (Wildman–Crippen LogP) is 4.06. The van der Waals surface area contributed by atoms with Gasteiger partial charge in [0.2, 0.25) is 0 Å². The van der Waals surface area contributed by atoms with Gasteiger partial charge in [0.1, 0.15) is 12.4 Å². The molecule has 18 heavy (non-hydrogen) atoms. The molecule has 0 amide bonds. The molecule has 0 saturated heterocycles. The molecule has 0 atom stereocenters. The van der Waals surface area contributed by atoms with E-state index in [9.17, 15) is 4.39 Å². The van der Waals surface area contributed by atoms with E-state index in [0.717, 1.165) is 15.6 Å². The van der Waals surface area contributed by atoms with Crippen molar-refractivity contribution in [3.05, 3.63) is 57.8 Å². The summed E-state index contributed by atoms with van der Waals surface area (Å²) < 4.78 is 19.6. The number of rotatable bonds is 3. The molecule has 0 heterocycles. The number of hydrogen-bond acceptors (Lipinski definition) is 2. The van der Waals surface area contributed by atoms with Crippen LogP contribution < -0.4 is 10.5 Å². The molecule has 0 bridgehead atoms. The standard InChI is InChI=1S/C14H13BrFNO/c1-9-5-6-11(16)7-10(9)8-18-14-12(15)3-2-4-13(14)17/h2-7H,8,17H2,1H3. The maximum absolute atomic E-state index is 13.1. The molecule has 0 saturated carbocycles. The zero-order valence-electron chi connectivity index (χ0n) is 9.91. The van der Waals surface area contributed by atoms with E-state index in [1.807, 2.05) is 19.1 Å². The van der Waals surface area contributed by atoms with Crippen molar-refractivity contribution in [2.24, 2.45) is 0 Å². The second kappa shape index (κ2) is 5.40. The molecule has 0 unspecified atom stereocenters. The minimum absolute atomic E-state index is 0.265. The van der Waals surface area contributed by atoms with Crippen LogP contribution in [0.25, 0.3) is 0 Å². The molecule has 2 aromatic carbocycles. The SMILES string of the molecule is Cc1ccc(F)cc1COc1c(N)cccc1Br. The fourth-order valence-electron chi connectivity index (χ4n) is 1.62. The van der Waals surface area contributed by atoms with Crippen LogP contribution >= 0.6 is 15.9 Å². The molecular weight excluding hydrogens is 297 g/mol. The van der Waals surface area contributed by atoms with E-state index in [4.69, 9.17) is 10.5 Å². The quantitative estimate of drug-likeness (QED) is 0.868. The van der Waals surface area contributed by atoms with E-state index in [1.165, 1.54) is 12.1 Å². The maximum Gasteiger partial charge on any atom is 0.156 e. The van der Waals surface area contributed by atoms with Gasteiger partial charge in [0.15, 0.2) is 5.75 Å². The van der Waals surface area contributed by atoms with Gasteiger partial charge >= 0.3 is 0 Å². The Bertz CT molecular complexity index is 551. The Kier molecular flexibility index (Phi) is 3.87. The highest BCUT2D eigenvalue weighted by Gasteiger charge is 2.07. The molecule has 2 N–H and O–H groups in total. The summed E-state index contributed by atoms with van der Waals surface area (Å²) in [6, 6.07) is 10.1. The summed E-state index contributed by atoms with van der Waals surface area (Å²) in [5.74, 6) is 0.320. The molecule has 0 radical (unpaired) electrons. The zero-order valence-corrected chi connectivity index (χ0v) is 11.5. The van der Waals surface area contributed by atoms with Gasteiger partial charge in [-0.3, -0.25) is 0 Å². The monoisotopic (exact) mass is 309 g/mol. The van der Waals surface area contributed by atoms with Crippen LogP contribution in [-0.2, 0) is 6.61 Å². The second-order valence-corrected chi connectivity index (χ2v) is 4.87. The molecule has 0 aliphatic rings. The Balaban J connectivity index is 2.19. The van der Waals surface area contributed by atoms with E-state index >= 15 is 0 Å². The van der Waals surface area contributed by atoms with Crippen LogP contribution in [0, 0.1) is 12.7 Å². The first-order valence-corrected chi connectivity index (χ1v) is 6.29. The van der Waals surface area contributed by atoms with Crippen molar-refractivity contribution in [1.29, 1.82) is 0 Å². The lowest BCUT2D eigenvalue weighted by Crippen LogP contribution is -2.01. The molecule has 2 aromatic rings. The average molecular weight is 310 g/mol. The van der Waals surface area contributed by atoms with E-state index in [2.05, 4.69) is 15.9 Å². The molecule has 2 nitrogen and oxygen atoms in total. The highest BCUT2D eigenvalue weighted by Crippen LogP contribution is 2.31. The fraction of sp³-hybridized carbons (Fsp3) is 0.143. The van der Waals surface area contributed by atoms with Crippen LogP contribution in [0.2, 0.25) is 0 Å². The molecule has 0 spiro atoms. The first-order chi connectivity index (χ1) is 8.58. The van der Waals surface area contributed by atoms with Crippen molar-refractivity contribution < 1.29 is 9.13 Å². The number of ether oxygens (including phenoxy) is 1. The Labute approximate surface area is 114 Å². The van der Waals surface area contributed by atoms with Gasteiger partial charge in [-0.25, -0.2) is 4.39 Å². The fourth-order valence-corrected chi connectivity index (χ4v) is 2.12. The highest BCUT2D eigenvalue weighted by molar-refractivity contribution is 9.10. The molecule has 4 heteroatoms. The number of para-hydroxylation sites is 1. The summed E-state index contributed by atoms with van der Waals surface area (Å²) in [6.45, 7) is 2.21. The van der Waals surface area contributed by atoms with Crippen LogP contribution in [-0.4, -0.2) is 0 Å². The van der Waals surface area contributed by atoms with Crippen molar-refractivity contribution >= 4 is 21.6 Å². The van der Waals surface area contributed by atoms with E-state index in [0.29, 0.717) is 11.4 Å². The summed E-state index contributed by atoms with van der Waals surface area (Å²) in [5, 5.41) is 0. The Hall–Kier alpha value is -1.55. The minimum atomic E-state index is -0.265. The smallest absolute Gasteiger partial charge is 0.156 e. The van der Waals surface area contributed by atoms with Crippen molar-refractivity contribution in [1.82, 2.24) is 0 Å². The van der Waals surface area contributed by atoms with Gasteiger partial charge in [0.05, 0.1) is 10.2 Å². The molecule has 0 aliphatic carbocycles.